The highest BCUT2D eigenvalue weighted by Gasteiger charge is 2.34. The Balaban J connectivity index is 2.16. The minimum atomic E-state index is -1.09. The van der Waals surface area contributed by atoms with Gasteiger partial charge in [-0.1, -0.05) is 0 Å². The summed E-state index contributed by atoms with van der Waals surface area (Å²) in [5.41, 5.74) is -0.543. The third-order valence-electron chi connectivity index (χ3n) is 3.43. The van der Waals surface area contributed by atoms with Gasteiger partial charge in [0.15, 0.2) is 0 Å². The van der Waals surface area contributed by atoms with E-state index in [0.717, 1.165) is 0 Å². The highest BCUT2D eigenvalue weighted by Crippen LogP contribution is 2.27. The number of carboxylic acid groups (broad SMARTS) is 1. The van der Waals surface area contributed by atoms with Crippen LogP contribution in [0.2, 0.25) is 0 Å². The van der Waals surface area contributed by atoms with Gasteiger partial charge >= 0.3 is 12.0 Å². The summed E-state index contributed by atoms with van der Waals surface area (Å²) in [5, 5.41) is 21.5. The van der Waals surface area contributed by atoms with E-state index in [0.29, 0.717) is 18.7 Å². The molecule has 0 radical (unpaired) electrons. The predicted octanol–water partition coefficient (Wildman–Crippen LogP) is 1.38. The molecule has 1 aromatic carbocycles. The summed E-state index contributed by atoms with van der Waals surface area (Å²) in [6, 6.07) is 3.83. The van der Waals surface area contributed by atoms with Gasteiger partial charge in [-0.15, -0.1) is 0 Å². The number of amides is 2. The van der Waals surface area contributed by atoms with Crippen molar-refractivity contribution >= 4 is 17.7 Å². The predicted molar refractivity (Wildman–Crippen MR) is 75.8 cm³/mol. The number of nitrogens with zero attached hydrogens (tertiary/aromatic N) is 1. The molecule has 2 rings (SSSR count). The second-order valence-corrected chi connectivity index (χ2v) is 5.32. The quantitative estimate of drug-likeness (QED) is 0.782. The second kappa shape index (κ2) is 5.61. The van der Waals surface area contributed by atoms with Crippen LogP contribution in [0.15, 0.2) is 18.2 Å². The lowest BCUT2D eigenvalue weighted by atomic mass is 10.1. The number of rotatable bonds is 3. The van der Waals surface area contributed by atoms with Gasteiger partial charge in [-0.05, 0) is 31.5 Å². The van der Waals surface area contributed by atoms with Crippen molar-refractivity contribution in [3.63, 3.8) is 0 Å². The van der Waals surface area contributed by atoms with Gasteiger partial charge < -0.3 is 25.2 Å². The number of nitrogens with one attached hydrogen (secondary N) is 1. The fourth-order valence-electron chi connectivity index (χ4n) is 2.25. The van der Waals surface area contributed by atoms with Gasteiger partial charge in [-0.3, -0.25) is 0 Å². The number of likely N-dealkylation sites (tertiary alicyclic amines) is 1. The van der Waals surface area contributed by atoms with Crippen molar-refractivity contribution in [3.05, 3.63) is 23.8 Å². The molecule has 0 aromatic heterocycles. The minimum Gasteiger partial charge on any atom is -0.495 e. The lowest BCUT2D eigenvalue weighted by Gasteiger charge is -2.20. The standard InChI is InChI=1S/C14H18N2O5/c1-14(20)5-6-16(8-14)13(19)15-10-7-9(12(17)18)3-4-11(10)21-2/h3-4,7,20H,5-6,8H2,1-2H3,(H,15,19)(H,17,18). The fraction of sp³-hybridized carbons (Fsp3) is 0.429. The first-order valence-electron chi connectivity index (χ1n) is 6.52. The molecule has 7 heteroatoms. The highest BCUT2D eigenvalue weighted by atomic mass is 16.5. The molecule has 1 aliphatic heterocycles. The van der Waals surface area contributed by atoms with Crippen molar-refractivity contribution in [2.24, 2.45) is 0 Å². The summed E-state index contributed by atoms with van der Waals surface area (Å²) in [7, 11) is 1.44. The number of β-amino-alcohol motifs (C(OH)–C–C–N with tert-alkyl or cyclic N) is 1. The lowest BCUT2D eigenvalue weighted by Crippen LogP contribution is -2.36. The monoisotopic (exact) mass is 294 g/mol. The number of anilines is 1. The molecule has 1 fully saturated rings. The molecule has 1 unspecified atom stereocenters. The average Bonchev–Trinajstić information content (AvgIpc) is 2.79. The van der Waals surface area contributed by atoms with Crippen molar-refractivity contribution in [1.29, 1.82) is 0 Å². The van der Waals surface area contributed by atoms with Gasteiger partial charge in [0.25, 0.3) is 0 Å². The number of hydrogen-bond donors (Lipinski definition) is 3. The third-order valence-corrected chi connectivity index (χ3v) is 3.43. The Morgan fingerprint density at radius 3 is 2.67 bits per heavy atom. The molecule has 114 valence electrons. The maximum atomic E-state index is 12.2. The molecule has 2 amide bonds. The van der Waals surface area contributed by atoms with Crippen LogP contribution < -0.4 is 10.1 Å². The van der Waals surface area contributed by atoms with Gasteiger partial charge in [0, 0.05) is 6.54 Å². The molecule has 1 saturated heterocycles. The summed E-state index contributed by atoms with van der Waals surface area (Å²) < 4.78 is 5.11. The molecule has 21 heavy (non-hydrogen) atoms. The molecule has 1 heterocycles. The average molecular weight is 294 g/mol. The van der Waals surface area contributed by atoms with E-state index in [9.17, 15) is 14.7 Å². The SMILES string of the molecule is COc1ccc(C(=O)O)cc1NC(=O)N1CCC(C)(O)C1. The maximum absolute atomic E-state index is 12.2. The van der Waals surface area contributed by atoms with Gasteiger partial charge in [-0.25, -0.2) is 9.59 Å². The first-order valence-corrected chi connectivity index (χ1v) is 6.52. The van der Waals surface area contributed by atoms with E-state index in [1.807, 2.05) is 0 Å². The topological polar surface area (TPSA) is 99.1 Å². The van der Waals surface area contributed by atoms with E-state index >= 15 is 0 Å². The number of urea groups is 1. The van der Waals surface area contributed by atoms with Crippen molar-refractivity contribution < 1.29 is 24.5 Å². The summed E-state index contributed by atoms with van der Waals surface area (Å²) in [6.07, 6.45) is 0.507. The first-order chi connectivity index (χ1) is 9.82. The third kappa shape index (κ3) is 3.43. The molecular weight excluding hydrogens is 276 g/mol. The van der Waals surface area contributed by atoms with E-state index in [4.69, 9.17) is 9.84 Å². The molecule has 7 nitrogen and oxygen atoms in total. The number of methoxy groups -OCH3 is 1. The van der Waals surface area contributed by atoms with E-state index in [2.05, 4.69) is 5.32 Å². The fourth-order valence-corrected chi connectivity index (χ4v) is 2.25. The van der Waals surface area contributed by atoms with Crippen molar-refractivity contribution in [3.8, 4) is 5.75 Å². The maximum Gasteiger partial charge on any atom is 0.335 e. The zero-order valence-corrected chi connectivity index (χ0v) is 11.9. The smallest absolute Gasteiger partial charge is 0.335 e. The zero-order valence-electron chi connectivity index (χ0n) is 11.9. The number of ether oxygens (including phenoxy) is 1. The van der Waals surface area contributed by atoms with Gasteiger partial charge in [-0.2, -0.15) is 0 Å². The highest BCUT2D eigenvalue weighted by molar-refractivity contribution is 5.95. The molecule has 0 aliphatic carbocycles. The molecule has 3 N–H and O–H groups in total. The van der Waals surface area contributed by atoms with Crippen molar-refractivity contribution in [2.45, 2.75) is 18.9 Å². The molecular formula is C14H18N2O5. The number of carbonyl (C=O) groups excluding carboxylic acids is 1. The van der Waals surface area contributed by atoms with Crippen molar-refractivity contribution in [2.75, 3.05) is 25.5 Å². The van der Waals surface area contributed by atoms with Crippen LogP contribution in [0.4, 0.5) is 10.5 Å². The Morgan fingerprint density at radius 1 is 1.43 bits per heavy atom. The number of carboxylic acids is 1. The Hall–Kier alpha value is -2.28. The number of aromatic carboxylic acids is 1. The molecule has 1 aromatic rings. The summed E-state index contributed by atoms with van der Waals surface area (Å²) in [6.45, 7) is 2.35. The van der Waals surface area contributed by atoms with Crippen LogP contribution >= 0.6 is 0 Å². The van der Waals surface area contributed by atoms with Gasteiger partial charge in [0.2, 0.25) is 0 Å². The summed E-state index contributed by atoms with van der Waals surface area (Å²) >= 11 is 0. The number of hydrogen-bond acceptors (Lipinski definition) is 4. The van der Waals surface area contributed by atoms with E-state index in [1.54, 1.807) is 6.92 Å². The lowest BCUT2D eigenvalue weighted by molar-refractivity contribution is 0.0696. The van der Waals surface area contributed by atoms with E-state index in [-0.39, 0.29) is 17.8 Å². The first kappa shape index (κ1) is 15.1. The zero-order chi connectivity index (χ0) is 15.6. The number of benzene rings is 1. The van der Waals surface area contributed by atoms with Crippen LogP contribution in [0.25, 0.3) is 0 Å². The van der Waals surface area contributed by atoms with Gasteiger partial charge in [0.05, 0.1) is 30.5 Å². The molecule has 1 atom stereocenters. The normalized spacial score (nSPS) is 21.2. The second-order valence-electron chi connectivity index (χ2n) is 5.32. The number of carbonyl (C=O) groups is 2. The summed E-state index contributed by atoms with van der Waals surface area (Å²) in [5.74, 6) is -0.712. The van der Waals surface area contributed by atoms with Crippen LogP contribution in [0, 0.1) is 0 Å². The molecule has 0 bridgehead atoms. The largest absolute Gasteiger partial charge is 0.495 e. The molecule has 1 aliphatic rings. The van der Waals surface area contributed by atoms with Crippen LogP contribution in [-0.4, -0.2) is 52.9 Å². The van der Waals surface area contributed by atoms with Crippen LogP contribution in [0.1, 0.15) is 23.7 Å². The number of aliphatic hydroxyl groups is 1. The molecule has 0 saturated carbocycles. The Bertz CT molecular complexity index is 570. The van der Waals surface area contributed by atoms with Crippen molar-refractivity contribution in [1.82, 2.24) is 4.90 Å². The van der Waals surface area contributed by atoms with Gasteiger partial charge in [0.1, 0.15) is 5.75 Å². The Morgan fingerprint density at radius 2 is 2.14 bits per heavy atom. The summed E-state index contributed by atoms with van der Waals surface area (Å²) in [4.78, 5) is 24.6. The van der Waals surface area contributed by atoms with Crippen LogP contribution in [0.5, 0.6) is 5.75 Å². The van der Waals surface area contributed by atoms with Crippen LogP contribution in [0.3, 0.4) is 0 Å². The van der Waals surface area contributed by atoms with Crippen LogP contribution in [-0.2, 0) is 0 Å². The minimum absolute atomic E-state index is 0.0551. The molecule has 0 spiro atoms. The Labute approximate surface area is 122 Å². The Kier molecular flexibility index (Phi) is 4.04. The van der Waals surface area contributed by atoms with E-state index in [1.165, 1.54) is 30.2 Å². The van der Waals surface area contributed by atoms with E-state index < -0.39 is 17.6 Å².